The maximum absolute atomic E-state index is 12.6. The molecule has 0 unspecified atom stereocenters. The summed E-state index contributed by atoms with van der Waals surface area (Å²) in [4.78, 5) is 16.7. The van der Waals surface area contributed by atoms with E-state index in [1.165, 1.54) is 0 Å². The van der Waals surface area contributed by atoms with Gasteiger partial charge in [-0.1, -0.05) is 0 Å². The minimum absolute atomic E-state index is 0.0600. The third-order valence-corrected chi connectivity index (χ3v) is 4.47. The van der Waals surface area contributed by atoms with Crippen LogP contribution in [-0.4, -0.2) is 74.5 Å². The zero-order chi connectivity index (χ0) is 16.6. The molecule has 0 aliphatic carbocycles. The smallest absolute Gasteiger partial charge is 0.317 e. The summed E-state index contributed by atoms with van der Waals surface area (Å²) in [5.41, 5.74) is 0. The Bertz CT molecular complexity index is 482. The number of amides is 2. The molecule has 2 aliphatic heterocycles. The molecule has 1 N–H and O–H groups in total. The second kappa shape index (κ2) is 9.05. The van der Waals surface area contributed by atoms with Crippen LogP contribution in [0.2, 0.25) is 0 Å². The Hall–Kier alpha value is -1.57. The molecule has 3 heterocycles. The first kappa shape index (κ1) is 17.3. The Balaban J connectivity index is 1.47. The van der Waals surface area contributed by atoms with Crippen LogP contribution in [0.15, 0.2) is 22.8 Å². The lowest BCUT2D eigenvalue weighted by molar-refractivity contribution is 0.0383. The molecule has 0 aromatic carbocycles. The van der Waals surface area contributed by atoms with Crippen LogP contribution < -0.4 is 5.32 Å². The Morgan fingerprint density at radius 2 is 2.21 bits per heavy atom. The number of rotatable bonds is 7. The molecule has 0 bridgehead atoms. The highest BCUT2D eigenvalue weighted by Crippen LogP contribution is 2.15. The van der Waals surface area contributed by atoms with Gasteiger partial charge in [0.05, 0.1) is 32.1 Å². The van der Waals surface area contributed by atoms with E-state index in [1.807, 2.05) is 12.1 Å². The summed E-state index contributed by atoms with van der Waals surface area (Å²) in [5.74, 6) is 0.788. The summed E-state index contributed by atoms with van der Waals surface area (Å²) in [5, 5.41) is 3.02. The van der Waals surface area contributed by atoms with Gasteiger partial charge in [0.25, 0.3) is 0 Å². The highest BCUT2D eigenvalue weighted by atomic mass is 16.5. The van der Waals surface area contributed by atoms with E-state index in [2.05, 4.69) is 10.2 Å². The fraction of sp³-hybridized carbons (Fsp3) is 0.706. The van der Waals surface area contributed by atoms with E-state index >= 15 is 0 Å². The van der Waals surface area contributed by atoms with Crippen LogP contribution in [-0.2, 0) is 16.0 Å². The van der Waals surface area contributed by atoms with Crippen molar-refractivity contribution in [2.75, 3.05) is 52.5 Å². The molecule has 0 spiro atoms. The molecular weight excluding hydrogens is 310 g/mol. The van der Waals surface area contributed by atoms with E-state index in [0.29, 0.717) is 19.6 Å². The number of nitrogens with one attached hydrogen (secondary N) is 1. The molecule has 2 aliphatic rings. The van der Waals surface area contributed by atoms with E-state index in [1.54, 1.807) is 11.2 Å². The second-order valence-electron chi connectivity index (χ2n) is 6.28. The van der Waals surface area contributed by atoms with Crippen LogP contribution in [0.4, 0.5) is 4.79 Å². The van der Waals surface area contributed by atoms with Crippen molar-refractivity contribution in [2.45, 2.75) is 25.5 Å². The Kier molecular flexibility index (Phi) is 6.51. The van der Waals surface area contributed by atoms with Crippen LogP contribution in [0.3, 0.4) is 0 Å². The number of urea groups is 1. The Labute approximate surface area is 142 Å². The monoisotopic (exact) mass is 337 g/mol. The predicted molar refractivity (Wildman–Crippen MR) is 88.7 cm³/mol. The van der Waals surface area contributed by atoms with Gasteiger partial charge in [-0.3, -0.25) is 4.90 Å². The van der Waals surface area contributed by atoms with Gasteiger partial charge in [-0.25, -0.2) is 4.79 Å². The van der Waals surface area contributed by atoms with Crippen molar-refractivity contribution < 1.29 is 18.7 Å². The molecule has 2 fully saturated rings. The van der Waals surface area contributed by atoms with Crippen molar-refractivity contribution in [3.63, 3.8) is 0 Å². The number of hydrogen-bond donors (Lipinski definition) is 1. The van der Waals surface area contributed by atoms with Crippen molar-refractivity contribution in [3.8, 4) is 0 Å². The topological polar surface area (TPSA) is 67.2 Å². The lowest BCUT2D eigenvalue weighted by Crippen LogP contribution is -2.46. The van der Waals surface area contributed by atoms with Gasteiger partial charge in [-0.2, -0.15) is 0 Å². The predicted octanol–water partition coefficient (Wildman–Crippen LogP) is 1.30. The molecule has 1 aromatic rings. The minimum atomic E-state index is -0.0600. The third-order valence-electron chi connectivity index (χ3n) is 4.47. The van der Waals surface area contributed by atoms with Crippen molar-refractivity contribution in [1.29, 1.82) is 0 Å². The van der Waals surface area contributed by atoms with Gasteiger partial charge >= 0.3 is 6.03 Å². The summed E-state index contributed by atoms with van der Waals surface area (Å²) >= 11 is 0. The molecule has 134 valence electrons. The quantitative estimate of drug-likeness (QED) is 0.812. The van der Waals surface area contributed by atoms with Gasteiger partial charge in [0.15, 0.2) is 0 Å². The first-order chi connectivity index (χ1) is 11.8. The van der Waals surface area contributed by atoms with E-state index in [-0.39, 0.29) is 12.1 Å². The standard InChI is InChI=1S/C17H27N3O4/c21-17(18-5-6-19-7-11-22-12-8-19)20(13-15-3-1-9-23-15)14-16-4-2-10-24-16/h1,3,9,16H,2,4-8,10-14H2,(H,18,21)/t16-/m1/s1. The van der Waals surface area contributed by atoms with E-state index in [0.717, 1.165) is 58.1 Å². The molecule has 7 heteroatoms. The highest BCUT2D eigenvalue weighted by molar-refractivity contribution is 5.74. The van der Waals surface area contributed by atoms with Crippen LogP contribution in [0.5, 0.6) is 0 Å². The summed E-state index contributed by atoms with van der Waals surface area (Å²) in [6, 6.07) is 3.68. The summed E-state index contributed by atoms with van der Waals surface area (Å²) < 4.78 is 16.4. The average Bonchev–Trinajstić information content (AvgIpc) is 3.29. The number of nitrogens with zero attached hydrogens (tertiary/aromatic N) is 2. The van der Waals surface area contributed by atoms with Gasteiger partial charge in [0, 0.05) is 39.3 Å². The molecule has 2 amide bonds. The molecule has 7 nitrogen and oxygen atoms in total. The molecule has 0 radical (unpaired) electrons. The largest absolute Gasteiger partial charge is 0.467 e. The zero-order valence-electron chi connectivity index (χ0n) is 14.1. The van der Waals surface area contributed by atoms with E-state index < -0.39 is 0 Å². The highest BCUT2D eigenvalue weighted by Gasteiger charge is 2.23. The summed E-state index contributed by atoms with van der Waals surface area (Å²) in [7, 11) is 0. The van der Waals surface area contributed by atoms with Gasteiger partial charge in [0.1, 0.15) is 5.76 Å². The maximum atomic E-state index is 12.6. The van der Waals surface area contributed by atoms with Crippen LogP contribution in [0.1, 0.15) is 18.6 Å². The van der Waals surface area contributed by atoms with E-state index in [9.17, 15) is 4.79 Å². The van der Waals surface area contributed by atoms with Gasteiger partial charge in [-0.15, -0.1) is 0 Å². The fourth-order valence-electron chi connectivity index (χ4n) is 3.10. The van der Waals surface area contributed by atoms with Crippen molar-refractivity contribution in [1.82, 2.24) is 15.1 Å². The van der Waals surface area contributed by atoms with Crippen molar-refractivity contribution in [2.24, 2.45) is 0 Å². The molecule has 1 atom stereocenters. The molecule has 24 heavy (non-hydrogen) atoms. The van der Waals surface area contributed by atoms with Crippen molar-refractivity contribution >= 4 is 6.03 Å². The lowest BCUT2D eigenvalue weighted by Gasteiger charge is -2.28. The lowest BCUT2D eigenvalue weighted by atomic mass is 10.2. The van der Waals surface area contributed by atoms with Gasteiger partial charge in [-0.05, 0) is 25.0 Å². The van der Waals surface area contributed by atoms with Crippen molar-refractivity contribution in [3.05, 3.63) is 24.2 Å². The summed E-state index contributed by atoms with van der Waals surface area (Å²) in [6.07, 6.45) is 3.84. The number of hydrogen-bond acceptors (Lipinski definition) is 5. The molecular formula is C17H27N3O4. The minimum Gasteiger partial charge on any atom is -0.467 e. The number of ether oxygens (including phenoxy) is 2. The molecule has 2 saturated heterocycles. The normalized spacial score (nSPS) is 21.8. The SMILES string of the molecule is O=C(NCCN1CCOCC1)N(Cc1ccco1)C[C@H]1CCCO1. The third kappa shape index (κ3) is 5.22. The fourth-order valence-corrected chi connectivity index (χ4v) is 3.10. The van der Waals surface area contributed by atoms with Crippen LogP contribution >= 0.6 is 0 Å². The summed E-state index contributed by atoms with van der Waals surface area (Å²) in [6.45, 7) is 6.76. The first-order valence-corrected chi connectivity index (χ1v) is 8.78. The Morgan fingerprint density at radius 1 is 1.33 bits per heavy atom. The average molecular weight is 337 g/mol. The zero-order valence-corrected chi connectivity index (χ0v) is 14.1. The number of morpholine rings is 1. The second-order valence-corrected chi connectivity index (χ2v) is 6.28. The molecule has 0 saturated carbocycles. The van der Waals surface area contributed by atoms with Crippen LogP contribution in [0, 0.1) is 0 Å². The molecule has 1 aromatic heterocycles. The first-order valence-electron chi connectivity index (χ1n) is 8.78. The van der Waals surface area contributed by atoms with Crippen LogP contribution in [0.25, 0.3) is 0 Å². The molecule has 3 rings (SSSR count). The van der Waals surface area contributed by atoms with E-state index in [4.69, 9.17) is 13.9 Å². The number of furan rings is 1. The van der Waals surface area contributed by atoms with Gasteiger partial charge < -0.3 is 24.1 Å². The Morgan fingerprint density at radius 3 is 2.92 bits per heavy atom. The number of carbonyl (C=O) groups is 1. The maximum Gasteiger partial charge on any atom is 0.317 e. The number of carbonyl (C=O) groups excluding carboxylic acids is 1. The van der Waals surface area contributed by atoms with Gasteiger partial charge in [0.2, 0.25) is 0 Å².